The van der Waals surface area contributed by atoms with Crippen LogP contribution in [0.15, 0.2) is 24.3 Å². The molecule has 1 amide bonds. The van der Waals surface area contributed by atoms with Crippen LogP contribution >= 0.6 is 0 Å². The number of carbonyl (C=O) groups excluding carboxylic acids is 1. The van der Waals surface area contributed by atoms with Crippen LogP contribution in [0.4, 0.5) is 13.2 Å². The van der Waals surface area contributed by atoms with Crippen molar-refractivity contribution in [1.29, 1.82) is 0 Å². The zero-order valence-corrected chi connectivity index (χ0v) is 11.3. The van der Waals surface area contributed by atoms with Gasteiger partial charge in [-0.15, -0.1) is 13.2 Å². The molecule has 0 spiro atoms. The zero-order valence-electron chi connectivity index (χ0n) is 11.3. The summed E-state index contributed by atoms with van der Waals surface area (Å²) in [6.07, 6.45) is -2.41. The minimum atomic E-state index is -4.68. The van der Waals surface area contributed by atoms with Crippen LogP contribution in [0.3, 0.4) is 0 Å². The summed E-state index contributed by atoms with van der Waals surface area (Å²) >= 11 is 0. The molecule has 4 nitrogen and oxygen atoms in total. The number of halogens is 3. The van der Waals surface area contributed by atoms with E-state index >= 15 is 0 Å². The Hall–Kier alpha value is -1.76. The van der Waals surface area contributed by atoms with Gasteiger partial charge in [-0.05, 0) is 49.4 Å². The monoisotopic (exact) mass is 302 g/mol. The topological polar surface area (TPSA) is 64.4 Å². The zero-order chi connectivity index (χ0) is 15.5. The number of hydrogen-bond donors (Lipinski definition) is 2. The summed E-state index contributed by atoms with van der Waals surface area (Å²) in [5.41, 5.74) is 6.19. The van der Waals surface area contributed by atoms with Gasteiger partial charge in [-0.3, -0.25) is 4.79 Å². The van der Waals surface area contributed by atoms with Crippen LogP contribution in [-0.2, 0) is 11.2 Å². The van der Waals surface area contributed by atoms with E-state index in [1.54, 1.807) is 12.1 Å². The van der Waals surface area contributed by atoms with E-state index in [-0.39, 0.29) is 23.6 Å². The molecular weight excluding hydrogens is 285 g/mol. The second-order valence-corrected chi connectivity index (χ2v) is 5.20. The number of carbonyl (C=O) groups is 1. The Bertz CT molecular complexity index is 488. The van der Waals surface area contributed by atoms with Gasteiger partial charge in [0.25, 0.3) is 0 Å². The SMILES string of the molecule is NC(=O)C1CC(Cc2ccc(OC(F)(F)F)cc2)CCN1. The van der Waals surface area contributed by atoms with Gasteiger partial charge >= 0.3 is 6.36 Å². The maximum atomic E-state index is 12.1. The predicted molar refractivity (Wildman–Crippen MR) is 70.5 cm³/mol. The summed E-state index contributed by atoms with van der Waals surface area (Å²) in [7, 11) is 0. The van der Waals surface area contributed by atoms with Gasteiger partial charge in [0.15, 0.2) is 0 Å². The van der Waals surface area contributed by atoms with Crippen molar-refractivity contribution >= 4 is 5.91 Å². The van der Waals surface area contributed by atoms with Gasteiger partial charge in [0, 0.05) is 0 Å². The molecule has 0 radical (unpaired) electrons. The van der Waals surface area contributed by atoms with Crippen molar-refractivity contribution in [2.75, 3.05) is 6.54 Å². The molecule has 2 atom stereocenters. The molecule has 116 valence electrons. The molecule has 0 saturated carbocycles. The van der Waals surface area contributed by atoms with E-state index in [1.165, 1.54) is 12.1 Å². The standard InChI is InChI=1S/C14H17F3N2O2/c15-14(16,17)21-11-3-1-9(2-4-11)7-10-5-6-19-12(8-10)13(18)20/h1-4,10,12,19H,5-8H2,(H2,18,20). The van der Waals surface area contributed by atoms with Crippen molar-refractivity contribution < 1.29 is 22.7 Å². The van der Waals surface area contributed by atoms with E-state index < -0.39 is 6.36 Å². The number of alkyl halides is 3. The largest absolute Gasteiger partial charge is 0.573 e. The van der Waals surface area contributed by atoms with Crippen LogP contribution in [0.2, 0.25) is 0 Å². The molecule has 1 aliphatic heterocycles. The van der Waals surface area contributed by atoms with Crippen LogP contribution in [0.25, 0.3) is 0 Å². The van der Waals surface area contributed by atoms with Crippen LogP contribution in [0, 0.1) is 5.92 Å². The van der Waals surface area contributed by atoms with Crippen molar-refractivity contribution in [3.05, 3.63) is 29.8 Å². The molecule has 1 aliphatic rings. The highest BCUT2D eigenvalue weighted by molar-refractivity contribution is 5.79. The quantitative estimate of drug-likeness (QED) is 0.894. The smallest absolute Gasteiger partial charge is 0.406 e. The summed E-state index contributed by atoms with van der Waals surface area (Å²) in [6.45, 7) is 0.716. The molecular formula is C14H17F3N2O2. The predicted octanol–water partition coefficient (Wildman–Crippen LogP) is 1.98. The Labute approximate surface area is 120 Å². The first-order chi connectivity index (χ1) is 9.83. The molecule has 2 rings (SSSR count). The van der Waals surface area contributed by atoms with Gasteiger partial charge in [0.2, 0.25) is 5.91 Å². The minimum Gasteiger partial charge on any atom is -0.406 e. The number of ether oxygens (including phenoxy) is 1. The molecule has 0 aliphatic carbocycles. The van der Waals surface area contributed by atoms with Gasteiger partial charge in [-0.2, -0.15) is 0 Å². The van der Waals surface area contributed by atoms with Crippen LogP contribution in [0.1, 0.15) is 18.4 Å². The molecule has 1 aromatic carbocycles. The van der Waals surface area contributed by atoms with Gasteiger partial charge in [-0.25, -0.2) is 0 Å². The lowest BCUT2D eigenvalue weighted by Gasteiger charge is -2.28. The van der Waals surface area contributed by atoms with Crippen LogP contribution < -0.4 is 15.8 Å². The lowest BCUT2D eigenvalue weighted by molar-refractivity contribution is -0.274. The molecule has 0 aromatic heterocycles. The Morgan fingerprint density at radius 2 is 2.00 bits per heavy atom. The van der Waals surface area contributed by atoms with Gasteiger partial charge in [-0.1, -0.05) is 12.1 Å². The first-order valence-corrected chi connectivity index (χ1v) is 6.71. The Balaban J connectivity index is 1.92. The molecule has 1 heterocycles. The molecule has 21 heavy (non-hydrogen) atoms. The number of piperidine rings is 1. The molecule has 3 N–H and O–H groups in total. The highest BCUT2D eigenvalue weighted by Gasteiger charge is 2.31. The average molecular weight is 302 g/mol. The summed E-state index contributed by atoms with van der Waals surface area (Å²) in [5.74, 6) is -0.307. The summed E-state index contributed by atoms with van der Waals surface area (Å²) in [4.78, 5) is 11.2. The fraction of sp³-hybridized carbons (Fsp3) is 0.500. The van der Waals surface area contributed by atoms with Gasteiger partial charge in [0.05, 0.1) is 6.04 Å². The maximum Gasteiger partial charge on any atom is 0.573 e. The van der Waals surface area contributed by atoms with Crippen molar-refractivity contribution in [1.82, 2.24) is 5.32 Å². The van der Waals surface area contributed by atoms with E-state index in [0.717, 1.165) is 12.0 Å². The van der Waals surface area contributed by atoms with E-state index in [0.29, 0.717) is 19.4 Å². The van der Waals surface area contributed by atoms with Crippen molar-refractivity contribution in [2.24, 2.45) is 11.7 Å². The second kappa shape index (κ2) is 6.34. The normalized spacial score (nSPS) is 22.8. The van der Waals surface area contributed by atoms with E-state index in [4.69, 9.17) is 5.73 Å². The lowest BCUT2D eigenvalue weighted by atomic mass is 9.87. The third-order valence-electron chi connectivity index (χ3n) is 3.54. The van der Waals surface area contributed by atoms with Gasteiger partial charge in [0.1, 0.15) is 5.75 Å². The number of primary amides is 1. The van der Waals surface area contributed by atoms with Crippen molar-refractivity contribution in [2.45, 2.75) is 31.7 Å². The molecule has 1 aromatic rings. The van der Waals surface area contributed by atoms with Crippen molar-refractivity contribution in [3.8, 4) is 5.75 Å². The summed E-state index contributed by atoms with van der Waals surface area (Å²) in [5, 5.41) is 3.05. The van der Waals surface area contributed by atoms with E-state index in [9.17, 15) is 18.0 Å². The lowest BCUT2D eigenvalue weighted by Crippen LogP contribution is -2.47. The number of amides is 1. The van der Waals surface area contributed by atoms with Crippen LogP contribution in [-0.4, -0.2) is 24.9 Å². The Morgan fingerprint density at radius 3 is 2.57 bits per heavy atom. The van der Waals surface area contributed by atoms with E-state index in [1.807, 2.05) is 0 Å². The molecule has 2 unspecified atom stereocenters. The Morgan fingerprint density at radius 1 is 1.33 bits per heavy atom. The number of nitrogens with two attached hydrogens (primary N) is 1. The number of nitrogens with one attached hydrogen (secondary N) is 1. The first kappa shape index (κ1) is 15.6. The summed E-state index contributed by atoms with van der Waals surface area (Å²) in [6, 6.07) is 5.51. The van der Waals surface area contributed by atoms with Gasteiger partial charge < -0.3 is 15.8 Å². The Kier molecular flexibility index (Phi) is 4.72. The second-order valence-electron chi connectivity index (χ2n) is 5.20. The third-order valence-corrected chi connectivity index (χ3v) is 3.54. The maximum absolute atomic E-state index is 12.1. The number of rotatable bonds is 4. The molecule has 7 heteroatoms. The highest BCUT2D eigenvalue weighted by Crippen LogP contribution is 2.25. The summed E-state index contributed by atoms with van der Waals surface area (Å²) < 4.78 is 40.0. The molecule has 0 bridgehead atoms. The van der Waals surface area contributed by atoms with Crippen molar-refractivity contribution in [3.63, 3.8) is 0 Å². The fourth-order valence-corrected chi connectivity index (χ4v) is 2.56. The average Bonchev–Trinajstić information content (AvgIpc) is 2.40. The fourth-order valence-electron chi connectivity index (χ4n) is 2.56. The first-order valence-electron chi connectivity index (χ1n) is 6.71. The minimum absolute atomic E-state index is 0.230. The number of hydrogen-bond acceptors (Lipinski definition) is 3. The van der Waals surface area contributed by atoms with E-state index in [2.05, 4.69) is 10.1 Å². The number of benzene rings is 1. The third kappa shape index (κ3) is 4.93. The molecule has 1 saturated heterocycles. The van der Waals surface area contributed by atoms with Crippen LogP contribution in [0.5, 0.6) is 5.75 Å². The highest BCUT2D eigenvalue weighted by atomic mass is 19.4. The molecule has 1 fully saturated rings.